The van der Waals surface area contributed by atoms with Crippen LogP contribution in [0.15, 0.2) is 24.4 Å². The van der Waals surface area contributed by atoms with Crippen LogP contribution >= 0.6 is 0 Å². The fourth-order valence-corrected chi connectivity index (χ4v) is 3.37. The number of H-pyrrole nitrogens is 1. The quantitative estimate of drug-likeness (QED) is 0.886. The highest BCUT2D eigenvalue weighted by molar-refractivity contribution is 5.93. The Morgan fingerprint density at radius 3 is 2.91 bits per heavy atom. The van der Waals surface area contributed by atoms with Crippen molar-refractivity contribution in [3.63, 3.8) is 0 Å². The molecule has 1 saturated heterocycles. The highest BCUT2D eigenvalue weighted by Crippen LogP contribution is 2.25. The molecule has 0 bridgehead atoms. The number of carbonyl (C=O) groups is 2. The van der Waals surface area contributed by atoms with E-state index < -0.39 is 11.9 Å². The molecule has 1 aromatic carbocycles. The average Bonchev–Trinajstić information content (AvgIpc) is 3.12. The Morgan fingerprint density at radius 1 is 1.43 bits per heavy atom. The lowest BCUT2D eigenvalue weighted by Crippen LogP contribution is -2.44. The molecular formula is C17H21N3O3. The molecule has 0 aliphatic carbocycles. The van der Waals surface area contributed by atoms with E-state index in [4.69, 9.17) is 10.5 Å². The molecule has 122 valence electrons. The van der Waals surface area contributed by atoms with Crippen LogP contribution in [-0.2, 0) is 20.7 Å². The number of nitrogens with zero attached hydrogens (tertiary/aromatic N) is 1. The van der Waals surface area contributed by atoms with Crippen LogP contribution < -0.4 is 5.73 Å². The van der Waals surface area contributed by atoms with Crippen LogP contribution in [0.3, 0.4) is 0 Å². The molecule has 2 atom stereocenters. The number of hydrogen-bond acceptors (Lipinski definition) is 3. The first-order chi connectivity index (χ1) is 11.0. The first kappa shape index (κ1) is 15.6. The van der Waals surface area contributed by atoms with Crippen molar-refractivity contribution in [3.05, 3.63) is 35.5 Å². The molecule has 2 aromatic rings. The van der Waals surface area contributed by atoms with E-state index in [1.54, 1.807) is 12.0 Å². The van der Waals surface area contributed by atoms with Crippen LogP contribution in [0.1, 0.15) is 17.5 Å². The van der Waals surface area contributed by atoms with E-state index in [-0.39, 0.29) is 18.4 Å². The Bertz CT molecular complexity index is 753. The maximum atomic E-state index is 12.7. The highest BCUT2D eigenvalue weighted by atomic mass is 16.5. The van der Waals surface area contributed by atoms with E-state index in [2.05, 4.69) is 4.98 Å². The minimum atomic E-state index is -0.584. The van der Waals surface area contributed by atoms with Crippen LogP contribution in [0.25, 0.3) is 10.9 Å². The summed E-state index contributed by atoms with van der Waals surface area (Å²) in [5.74, 6) is -0.578. The first-order valence-corrected chi connectivity index (χ1v) is 7.68. The molecular weight excluding hydrogens is 294 g/mol. The van der Waals surface area contributed by atoms with Crippen molar-refractivity contribution in [1.29, 1.82) is 0 Å². The molecule has 3 rings (SSSR count). The second kappa shape index (κ2) is 6.04. The van der Waals surface area contributed by atoms with E-state index in [0.717, 1.165) is 22.0 Å². The molecule has 2 amide bonds. The number of fused-ring (bicyclic) bond motifs is 1. The summed E-state index contributed by atoms with van der Waals surface area (Å²) >= 11 is 0. The molecule has 0 spiro atoms. The number of hydrogen-bond donors (Lipinski definition) is 2. The summed E-state index contributed by atoms with van der Waals surface area (Å²) in [5.41, 5.74) is 8.50. The number of aryl methyl sites for hydroxylation is 1. The first-order valence-electron chi connectivity index (χ1n) is 7.68. The van der Waals surface area contributed by atoms with Gasteiger partial charge in [-0.1, -0.05) is 12.1 Å². The van der Waals surface area contributed by atoms with Crippen molar-refractivity contribution < 1.29 is 14.3 Å². The van der Waals surface area contributed by atoms with Gasteiger partial charge in [-0.3, -0.25) is 9.59 Å². The van der Waals surface area contributed by atoms with E-state index in [1.807, 2.05) is 31.3 Å². The third-order valence-corrected chi connectivity index (χ3v) is 4.58. The summed E-state index contributed by atoms with van der Waals surface area (Å²) < 4.78 is 5.29. The molecule has 23 heavy (non-hydrogen) atoms. The number of benzene rings is 1. The van der Waals surface area contributed by atoms with Gasteiger partial charge in [-0.15, -0.1) is 0 Å². The number of nitrogens with two attached hydrogens (primary N) is 1. The molecule has 6 nitrogen and oxygen atoms in total. The van der Waals surface area contributed by atoms with Crippen molar-refractivity contribution in [2.45, 2.75) is 31.9 Å². The number of likely N-dealkylation sites (tertiary alicyclic amines) is 1. The number of ether oxygens (including phenoxy) is 1. The topological polar surface area (TPSA) is 88.4 Å². The minimum absolute atomic E-state index is 0.0995. The zero-order chi connectivity index (χ0) is 16.6. The molecule has 6 heteroatoms. The maximum Gasteiger partial charge on any atom is 0.240 e. The fourth-order valence-electron chi connectivity index (χ4n) is 3.37. The third kappa shape index (κ3) is 2.82. The lowest BCUT2D eigenvalue weighted by atomic mass is 10.0. The average molecular weight is 315 g/mol. The number of primary amides is 1. The molecule has 2 heterocycles. The van der Waals surface area contributed by atoms with Gasteiger partial charge in [-0.05, 0) is 24.1 Å². The van der Waals surface area contributed by atoms with Gasteiger partial charge in [-0.2, -0.15) is 0 Å². The lowest BCUT2D eigenvalue weighted by Gasteiger charge is -2.21. The monoisotopic (exact) mass is 315 g/mol. The van der Waals surface area contributed by atoms with Gasteiger partial charge in [0.2, 0.25) is 11.8 Å². The lowest BCUT2D eigenvalue weighted by molar-refractivity contribution is -0.136. The van der Waals surface area contributed by atoms with Gasteiger partial charge in [0, 0.05) is 37.2 Å². The van der Waals surface area contributed by atoms with E-state index in [0.29, 0.717) is 13.0 Å². The smallest absolute Gasteiger partial charge is 0.240 e. The highest BCUT2D eigenvalue weighted by Gasteiger charge is 2.38. The predicted octanol–water partition coefficient (Wildman–Crippen LogP) is 1.12. The number of carbonyl (C=O) groups excluding carboxylic acids is 2. The zero-order valence-electron chi connectivity index (χ0n) is 13.3. The van der Waals surface area contributed by atoms with Crippen molar-refractivity contribution >= 4 is 22.7 Å². The SMILES string of the molecule is CO[C@H]1C[C@@H](C(N)=O)N(C(=O)Cc2c[nH]c3cccc(C)c23)C1. The summed E-state index contributed by atoms with van der Waals surface area (Å²) in [5, 5.41) is 1.07. The normalized spacial score (nSPS) is 21.0. The van der Waals surface area contributed by atoms with E-state index in [9.17, 15) is 9.59 Å². The molecule has 1 fully saturated rings. The van der Waals surface area contributed by atoms with Gasteiger partial charge >= 0.3 is 0 Å². The maximum absolute atomic E-state index is 12.7. The van der Waals surface area contributed by atoms with Gasteiger partial charge < -0.3 is 20.4 Å². The number of nitrogens with one attached hydrogen (secondary N) is 1. The molecule has 1 aliphatic rings. The van der Waals surface area contributed by atoms with Crippen molar-refractivity contribution in [2.24, 2.45) is 5.73 Å². The Hall–Kier alpha value is -2.34. The number of aromatic nitrogens is 1. The van der Waals surface area contributed by atoms with Gasteiger partial charge in [0.25, 0.3) is 0 Å². The van der Waals surface area contributed by atoms with Crippen LogP contribution in [0.5, 0.6) is 0 Å². The largest absolute Gasteiger partial charge is 0.380 e. The van der Waals surface area contributed by atoms with Crippen LogP contribution in [0.2, 0.25) is 0 Å². The van der Waals surface area contributed by atoms with E-state index >= 15 is 0 Å². The summed E-state index contributed by atoms with van der Waals surface area (Å²) in [6.45, 7) is 2.43. The Labute approximate surface area is 134 Å². The van der Waals surface area contributed by atoms with Crippen molar-refractivity contribution in [3.8, 4) is 0 Å². The van der Waals surface area contributed by atoms with Gasteiger partial charge in [0.15, 0.2) is 0 Å². The van der Waals surface area contributed by atoms with Gasteiger partial charge in [0.05, 0.1) is 12.5 Å². The van der Waals surface area contributed by atoms with Crippen LogP contribution in [0.4, 0.5) is 0 Å². The zero-order valence-corrected chi connectivity index (χ0v) is 13.3. The van der Waals surface area contributed by atoms with Gasteiger partial charge in [0.1, 0.15) is 6.04 Å². The fraction of sp³-hybridized carbons (Fsp3) is 0.412. The minimum Gasteiger partial charge on any atom is -0.380 e. The number of rotatable bonds is 4. The standard InChI is InChI=1S/C17H21N3O3/c1-10-4-3-5-13-16(10)11(8-19-13)6-15(21)20-9-12(23-2)7-14(20)17(18)22/h3-5,8,12,14,19H,6-7,9H2,1-2H3,(H2,18,22)/t12-,14-/m0/s1. The number of amides is 2. The molecule has 1 aliphatic heterocycles. The molecule has 0 saturated carbocycles. The predicted molar refractivity (Wildman–Crippen MR) is 86.8 cm³/mol. The van der Waals surface area contributed by atoms with Gasteiger partial charge in [-0.25, -0.2) is 0 Å². The molecule has 0 radical (unpaired) electrons. The second-order valence-electron chi connectivity index (χ2n) is 6.05. The third-order valence-electron chi connectivity index (χ3n) is 4.58. The molecule has 0 unspecified atom stereocenters. The summed E-state index contributed by atoms with van der Waals surface area (Å²) in [7, 11) is 1.58. The van der Waals surface area contributed by atoms with Crippen LogP contribution in [0, 0.1) is 6.92 Å². The Kier molecular flexibility index (Phi) is 4.09. The van der Waals surface area contributed by atoms with Crippen LogP contribution in [-0.4, -0.2) is 47.5 Å². The summed E-state index contributed by atoms with van der Waals surface area (Å²) in [6, 6.07) is 5.40. The van der Waals surface area contributed by atoms with Crippen molar-refractivity contribution in [2.75, 3.05) is 13.7 Å². The van der Waals surface area contributed by atoms with Crippen molar-refractivity contribution in [1.82, 2.24) is 9.88 Å². The molecule has 3 N–H and O–H groups in total. The van der Waals surface area contributed by atoms with E-state index in [1.165, 1.54) is 0 Å². The second-order valence-corrected chi connectivity index (χ2v) is 6.05. The summed E-state index contributed by atoms with van der Waals surface area (Å²) in [4.78, 5) is 29.0. The molecule has 1 aromatic heterocycles. The Morgan fingerprint density at radius 2 is 2.22 bits per heavy atom. The number of aromatic amines is 1. The number of methoxy groups -OCH3 is 1. The summed E-state index contributed by atoms with van der Waals surface area (Å²) in [6.07, 6.45) is 2.43. The Balaban J connectivity index is 1.84.